The monoisotopic (exact) mass is 333 g/mol. The summed E-state index contributed by atoms with van der Waals surface area (Å²) in [7, 11) is 0. The summed E-state index contributed by atoms with van der Waals surface area (Å²) >= 11 is 0. The molecule has 0 radical (unpaired) electrons. The molecule has 6 nitrogen and oxygen atoms in total. The Morgan fingerprint density at radius 1 is 1.20 bits per heavy atom. The van der Waals surface area contributed by atoms with Crippen molar-refractivity contribution in [3.05, 3.63) is 59.2 Å². The van der Waals surface area contributed by atoms with E-state index in [-0.39, 0.29) is 17.8 Å². The van der Waals surface area contributed by atoms with Gasteiger partial charge in [-0.15, -0.1) is 5.10 Å². The molecule has 2 aliphatic rings. The lowest BCUT2D eigenvalue weighted by Crippen LogP contribution is -2.36. The fraction of sp³-hybridized carbons (Fsp3) is 0.368. The zero-order valence-electron chi connectivity index (χ0n) is 14.1. The molecule has 1 atom stereocenters. The lowest BCUT2D eigenvalue weighted by atomic mass is 10.1. The molecule has 0 unspecified atom stereocenters. The summed E-state index contributed by atoms with van der Waals surface area (Å²) in [5.41, 5.74) is 3.55. The molecule has 25 heavy (non-hydrogen) atoms. The van der Waals surface area contributed by atoms with Gasteiger partial charge in [-0.25, -0.2) is 9.50 Å². The number of amides is 1. The third-order valence-corrected chi connectivity index (χ3v) is 5.23. The summed E-state index contributed by atoms with van der Waals surface area (Å²) in [5, 5.41) is 4.42. The number of benzene rings is 1. The van der Waals surface area contributed by atoms with E-state index >= 15 is 0 Å². The van der Waals surface area contributed by atoms with Gasteiger partial charge in [0.1, 0.15) is 0 Å². The van der Waals surface area contributed by atoms with Crippen LogP contribution < -0.4 is 0 Å². The van der Waals surface area contributed by atoms with Gasteiger partial charge in [0.15, 0.2) is 0 Å². The van der Waals surface area contributed by atoms with Crippen molar-refractivity contribution in [3.63, 3.8) is 0 Å². The zero-order valence-corrected chi connectivity index (χ0v) is 14.1. The Morgan fingerprint density at radius 3 is 2.84 bits per heavy atom. The Labute approximate surface area is 145 Å². The molecule has 1 amide bonds. The predicted octanol–water partition coefficient (Wildman–Crippen LogP) is 2.72. The molecule has 126 valence electrons. The number of fused-ring (bicyclic) bond motifs is 2. The van der Waals surface area contributed by atoms with Crippen LogP contribution >= 0.6 is 0 Å². The van der Waals surface area contributed by atoms with Crippen LogP contribution in [0.3, 0.4) is 0 Å². The van der Waals surface area contributed by atoms with E-state index in [0.717, 1.165) is 31.4 Å². The number of rotatable bonds is 3. The summed E-state index contributed by atoms with van der Waals surface area (Å²) in [6, 6.07) is 10.8. The first-order valence-corrected chi connectivity index (χ1v) is 8.81. The van der Waals surface area contributed by atoms with Crippen LogP contribution in [-0.4, -0.2) is 36.4 Å². The van der Waals surface area contributed by atoms with Crippen LogP contribution in [0.2, 0.25) is 0 Å². The van der Waals surface area contributed by atoms with E-state index in [1.54, 1.807) is 10.7 Å². The van der Waals surface area contributed by atoms with Gasteiger partial charge in [-0.2, -0.15) is 4.98 Å². The number of carbonyl (C=O) groups excluding carboxylic acids is 1. The van der Waals surface area contributed by atoms with Gasteiger partial charge in [-0.1, -0.05) is 24.3 Å². The molecule has 0 bridgehead atoms. The van der Waals surface area contributed by atoms with Gasteiger partial charge < -0.3 is 4.90 Å². The average Bonchev–Trinajstić information content (AvgIpc) is 3.20. The van der Waals surface area contributed by atoms with Crippen LogP contribution in [0.1, 0.15) is 52.7 Å². The molecule has 3 aromatic rings. The third kappa shape index (κ3) is 2.32. The molecule has 2 heterocycles. The van der Waals surface area contributed by atoms with E-state index in [1.165, 1.54) is 11.1 Å². The van der Waals surface area contributed by atoms with Crippen LogP contribution in [0.4, 0.5) is 0 Å². The van der Waals surface area contributed by atoms with Crippen LogP contribution in [0.5, 0.6) is 0 Å². The van der Waals surface area contributed by atoms with E-state index in [4.69, 9.17) is 0 Å². The molecule has 2 aliphatic carbocycles. The molecule has 2 aromatic heterocycles. The number of carbonyl (C=O) groups is 1. The summed E-state index contributed by atoms with van der Waals surface area (Å²) in [4.78, 5) is 23.9. The van der Waals surface area contributed by atoms with Crippen molar-refractivity contribution in [2.75, 3.05) is 0 Å². The lowest BCUT2D eigenvalue weighted by Gasteiger charge is -2.28. The normalized spacial score (nSPS) is 19.2. The summed E-state index contributed by atoms with van der Waals surface area (Å²) in [6.07, 6.45) is 5.83. The van der Waals surface area contributed by atoms with E-state index in [1.807, 2.05) is 17.9 Å². The Balaban J connectivity index is 1.54. The first-order chi connectivity index (χ1) is 12.2. The van der Waals surface area contributed by atoms with Gasteiger partial charge >= 0.3 is 0 Å². The fourth-order valence-electron chi connectivity index (χ4n) is 3.85. The molecule has 0 saturated heterocycles. The highest BCUT2D eigenvalue weighted by atomic mass is 16.2. The van der Waals surface area contributed by atoms with Crippen molar-refractivity contribution in [1.82, 2.24) is 24.5 Å². The highest BCUT2D eigenvalue weighted by molar-refractivity contribution is 5.91. The molecular weight excluding hydrogens is 314 g/mol. The first-order valence-electron chi connectivity index (χ1n) is 8.81. The minimum absolute atomic E-state index is 0.0749. The van der Waals surface area contributed by atoms with Crippen molar-refractivity contribution in [3.8, 4) is 0 Å². The number of aryl methyl sites for hydroxylation is 2. The van der Waals surface area contributed by atoms with Crippen molar-refractivity contribution in [2.45, 2.75) is 44.7 Å². The van der Waals surface area contributed by atoms with Crippen LogP contribution in [0.15, 0.2) is 36.5 Å². The molecule has 0 aliphatic heterocycles. The number of hydrogen-bond acceptors (Lipinski definition) is 4. The quantitative estimate of drug-likeness (QED) is 0.739. The fourth-order valence-corrected chi connectivity index (χ4v) is 3.85. The molecule has 1 aromatic carbocycles. The van der Waals surface area contributed by atoms with Gasteiger partial charge in [0, 0.05) is 17.9 Å². The van der Waals surface area contributed by atoms with E-state index in [2.05, 4.69) is 39.3 Å². The van der Waals surface area contributed by atoms with E-state index < -0.39 is 0 Å². The minimum Gasteiger partial charge on any atom is -0.326 e. The van der Waals surface area contributed by atoms with E-state index in [9.17, 15) is 4.79 Å². The van der Waals surface area contributed by atoms with Crippen molar-refractivity contribution in [2.24, 2.45) is 0 Å². The van der Waals surface area contributed by atoms with Crippen molar-refractivity contribution < 1.29 is 4.79 Å². The average molecular weight is 333 g/mol. The van der Waals surface area contributed by atoms with Gasteiger partial charge in [0.25, 0.3) is 11.7 Å². The van der Waals surface area contributed by atoms with E-state index in [0.29, 0.717) is 11.8 Å². The molecule has 0 N–H and O–H groups in total. The maximum atomic E-state index is 13.3. The van der Waals surface area contributed by atoms with Crippen LogP contribution in [0.25, 0.3) is 5.78 Å². The number of nitrogens with zero attached hydrogens (tertiary/aromatic N) is 5. The second-order valence-electron chi connectivity index (χ2n) is 6.93. The SMILES string of the molecule is Cc1ccnc2nc(C(=O)N(C3CC3)[C@@H]3CCc4ccccc43)nn12. The predicted molar refractivity (Wildman–Crippen MR) is 92.2 cm³/mol. The lowest BCUT2D eigenvalue weighted by molar-refractivity contribution is 0.0645. The Bertz CT molecular complexity index is 975. The Hall–Kier alpha value is -2.76. The van der Waals surface area contributed by atoms with Crippen LogP contribution in [0, 0.1) is 6.92 Å². The topological polar surface area (TPSA) is 63.4 Å². The maximum absolute atomic E-state index is 13.3. The molecule has 6 heteroatoms. The van der Waals surface area contributed by atoms with Crippen molar-refractivity contribution in [1.29, 1.82) is 0 Å². The molecule has 1 fully saturated rings. The maximum Gasteiger partial charge on any atom is 0.294 e. The third-order valence-electron chi connectivity index (χ3n) is 5.23. The second-order valence-corrected chi connectivity index (χ2v) is 6.93. The summed E-state index contributed by atoms with van der Waals surface area (Å²) < 4.78 is 1.64. The zero-order chi connectivity index (χ0) is 17.0. The van der Waals surface area contributed by atoms with Crippen LogP contribution in [-0.2, 0) is 6.42 Å². The molecule has 0 spiro atoms. The number of hydrogen-bond donors (Lipinski definition) is 0. The van der Waals surface area contributed by atoms with Gasteiger partial charge in [0.05, 0.1) is 6.04 Å². The highest BCUT2D eigenvalue weighted by Crippen LogP contribution is 2.42. The Morgan fingerprint density at radius 2 is 2.04 bits per heavy atom. The van der Waals surface area contributed by atoms with Crippen molar-refractivity contribution >= 4 is 11.7 Å². The summed E-state index contributed by atoms with van der Waals surface area (Å²) in [5.74, 6) is 0.651. The second kappa shape index (κ2) is 5.37. The van der Waals surface area contributed by atoms with Gasteiger partial charge in [-0.05, 0) is 49.8 Å². The first kappa shape index (κ1) is 14.6. The highest BCUT2D eigenvalue weighted by Gasteiger charge is 2.41. The summed E-state index contributed by atoms with van der Waals surface area (Å²) in [6.45, 7) is 1.93. The molecule has 5 rings (SSSR count). The standard InChI is InChI=1S/C19H19N5O/c1-12-10-11-20-19-21-17(22-24(12)19)18(25)23(14-7-8-14)16-9-6-13-4-2-3-5-15(13)16/h2-5,10-11,14,16H,6-9H2,1H3/t16-/m1/s1. The molecule has 1 saturated carbocycles. The smallest absolute Gasteiger partial charge is 0.294 e. The largest absolute Gasteiger partial charge is 0.326 e. The molecular formula is C19H19N5O. The Kier molecular flexibility index (Phi) is 3.13. The van der Waals surface area contributed by atoms with Gasteiger partial charge in [-0.3, -0.25) is 4.79 Å². The van der Waals surface area contributed by atoms with Gasteiger partial charge in [0.2, 0.25) is 5.82 Å². The number of aromatic nitrogens is 4. The minimum atomic E-state index is -0.0749.